The predicted octanol–water partition coefficient (Wildman–Crippen LogP) is -1.18. The van der Waals surface area contributed by atoms with Gasteiger partial charge in [-0.25, -0.2) is 0 Å². The van der Waals surface area contributed by atoms with Crippen LogP contribution in [0.1, 0.15) is 12.5 Å². The Labute approximate surface area is 100 Å². The molecule has 0 heterocycles. The van der Waals surface area contributed by atoms with E-state index < -0.39 is 0 Å². The maximum Gasteiger partial charge on any atom is 2.00 e. The molecule has 0 saturated carbocycles. The van der Waals surface area contributed by atoms with Gasteiger partial charge in [-0.15, -0.1) is 11.6 Å². The largest absolute Gasteiger partial charge is 2.00 e. The van der Waals surface area contributed by atoms with Gasteiger partial charge in [0.25, 0.3) is 0 Å². The quantitative estimate of drug-likeness (QED) is 0.466. The van der Waals surface area contributed by atoms with Gasteiger partial charge < -0.3 is 21.7 Å². The molecule has 0 unspecified atom stereocenters. The van der Waals surface area contributed by atoms with E-state index in [4.69, 9.17) is 4.74 Å². The first kappa shape index (κ1) is 14.8. The maximum absolute atomic E-state index is 5.31. The van der Waals surface area contributed by atoms with Crippen LogP contribution in [0, 0.1) is 13.0 Å². The first-order valence-electron chi connectivity index (χ1n) is 3.44. The van der Waals surface area contributed by atoms with Crippen LogP contribution >= 0.6 is 0 Å². The van der Waals surface area contributed by atoms with Crippen LogP contribution in [-0.4, -0.2) is 29.7 Å². The minimum Gasteiger partial charge on any atom is -1.00 e. The Hall–Kier alpha value is 0.266. The molecular weight excluding hydrogens is 228 g/mol. The second-order valence-corrected chi connectivity index (χ2v) is 2.12. The van der Waals surface area contributed by atoms with Crippen LogP contribution in [0.2, 0.25) is 0 Å². The Balaban J connectivity index is 0. The van der Waals surface area contributed by atoms with E-state index in [9.17, 15) is 0 Å². The van der Waals surface area contributed by atoms with Crippen molar-refractivity contribution < 1.29 is 21.7 Å². The van der Waals surface area contributed by atoms with Crippen molar-refractivity contribution >= 4 is 23.1 Å². The van der Waals surface area contributed by atoms with E-state index >= 15 is 0 Å². The summed E-state index contributed by atoms with van der Waals surface area (Å²) in [7, 11) is 0. The topological polar surface area (TPSA) is 9.23 Å². The average molecular weight is 239 g/mol. The van der Waals surface area contributed by atoms with Gasteiger partial charge in [0, 0.05) is 5.75 Å². The van der Waals surface area contributed by atoms with Gasteiger partial charge in [0.05, 0.1) is 6.61 Å². The molecule has 0 bridgehead atoms. The minimum absolute atomic E-state index is 0. The molecule has 3 heteroatoms. The van der Waals surface area contributed by atoms with E-state index in [0.29, 0.717) is 0 Å². The summed E-state index contributed by atoms with van der Waals surface area (Å²) in [5.74, 6) is 0.935. The van der Waals surface area contributed by atoms with Crippen molar-refractivity contribution in [2.24, 2.45) is 0 Å². The molecule has 1 nitrogen and oxygen atoms in total. The van der Waals surface area contributed by atoms with E-state index in [1.807, 2.05) is 32.0 Å². The van der Waals surface area contributed by atoms with E-state index in [-0.39, 0.29) is 40.0 Å². The summed E-state index contributed by atoms with van der Waals surface area (Å²) in [6, 6.07) is 8.70. The van der Waals surface area contributed by atoms with Crippen molar-refractivity contribution in [1.82, 2.24) is 0 Å². The Morgan fingerprint density at radius 1 is 1.50 bits per heavy atom. The molecule has 1 aromatic carbocycles. The van der Waals surface area contributed by atoms with Gasteiger partial charge >= 0.3 is 23.1 Å². The second kappa shape index (κ2) is 7.89. The molecule has 0 spiro atoms. The fraction of sp³-hybridized carbons (Fsp3) is 0.333. The zero-order valence-corrected chi connectivity index (χ0v) is 10.4. The Morgan fingerprint density at radius 3 is 2.67 bits per heavy atom. The molecule has 0 amide bonds. The molecule has 0 fully saturated rings. The molecule has 0 radical (unpaired) electrons. The molecule has 0 saturated heterocycles. The number of aryl methyl sites for hydroxylation is 1. The van der Waals surface area contributed by atoms with Crippen LogP contribution in [0.4, 0.5) is 0 Å². The summed E-state index contributed by atoms with van der Waals surface area (Å²) in [6.07, 6.45) is 0. The molecule has 0 N–H and O–H groups in total. The second-order valence-electron chi connectivity index (χ2n) is 2.12. The first-order chi connectivity index (χ1) is 4.84. The molecular formula is C9H11BrMgO. The zero-order valence-electron chi connectivity index (χ0n) is 7.43. The van der Waals surface area contributed by atoms with Crippen molar-refractivity contribution in [3.05, 3.63) is 29.8 Å². The van der Waals surface area contributed by atoms with Gasteiger partial charge in [-0.05, 0) is 6.92 Å². The van der Waals surface area contributed by atoms with Crippen LogP contribution in [0.5, 0.6) is 5.75 Å². The van der Waals surface area contributed by atoms with Gasteiger partial charge in [-0.2, -0.15) is 18.2 Å². The third kappa shape index (κ3) is 4.33. The van der Waals surface area contributed by atoms with Gasteiger partial charge in [-0.1, -0.05) is 6.92 Å². The first-order valence-corrected chi connectivity index (χ1v) is 3.44. The van der Waals surface area contributed by atoms with Crippen molar-refractivity contribution in [2.75, 3.05) is 6.61 Å². The summed E-state index contributed by atoms with van der Waals surface area (Å²) in [6.45, 7) is 4.73. The van der Waals surface area contributed by atoms with E-state index in [1.165, 1.54) is 5.56 Å². The predicted molar refractivity (Wildman–Crippen MR) is 46.9 cm³/mol. The smallest absolute Gasteiger partial charge is 1.00 e. The Morgan fingerprint density at radius 2 is 2.17 bits per heavy atom. The fourth-order valence-electron chi connectivity index (χ4n) is 0.804. The molecule has 62 valence electrons. The molecule has 0 aliphatic rings. The van der Waals surface area contributed by atoms with Crippen molar-refractivity contribution in [3.63, 3.8) is 0 Å². The number of halogens is 1. The minimum atomic E-state index is 0. The van der Waals surface area contributed by atoms with Gasteiger partial charge in [0.15, 0.2) is 0 Å². The molecule has 0 aliphatic carbocycles. The normalized spacial score (nSPS) is 7.83. The van der Waals surface area contributed by atoms with Gasteiger partial charge in [0.2, 0.25) is 0 Å². The van der Waals surface area contributed by atoms with E-state index in [1.54, 1.807) is 0 Å². The summed E-state index contributed by atoms with van der Waals surface area (Å²) < 4.78 is 5.31. The average Bonchev–Trinajstić information content (AvgIpc) is 1.94. The van der Waals surface area contributed by atoms with Gasteiger partial charge in [-0.3, -0.25) is 0 Å². The molecule has 0 aliphatic heterocycles. The summed E-state index contributed by atoms with van der Waals surface area (Å²) in [4.78, 5) is 0. The fourth-order valence-corrected chi connectivity index (χ4v) is 0.804. The molecule has 1 aromatic rings. The van der Waals surface area contributed by atoms with Crippen molar-refractivity contribution in [2.45, 2.75) is 13.8 Å². The zero-order chi connectivity index (χ0) is 7.40. The van der Waals surface area contributed by atoms with Crippen molar-refractivity contribution in [1.29, 1.82) is 0 Å². The monoisotopic (exact) mass is 238 g/mol. The van der Waals surface area contributed by atoms with Gasteiger partial charge in [0.1, 0.15) is 0 Å². The van der Waals surface area contributed by atoms with Crippen LogP contribution in [0.15, 0.2) is 18.2 Å². The van der Waals surface area contributed by atoms with E-state index in [2.05, 4.69) is 6.07 Å². The third-order valence-corrected chi connectivity index (χ3v) is 1.33. The summed E-state index contributed by atoms with van der Waals surface area (Å²) in [5, 5.41) is 0. The van der Waals surface area contributed by atoms with Crippen LogP contribution in [0.3, 0.4) is 0 Å². The number of hydrogen-bond acceptors (Lipinski definition) is 1. The Bertz CT molecular complexity index is 215. The van der Waals surface area contributed by atoms with E-state index in [0.717, 1.165) is 12.4 Å². The Kier molecular flexibility index (Phi) is 9.72. The molecule has 1 rings (SSSR count). The SMILES string of the molecule is CCOc1c[c-]ccc1C.[Br-].[Mg+2]. The number of benzene rings is 1. The number of rotatable bonds is 2. The van der Waals surface area contributed by atoms with Crippen LogP contribution in [-0.2, 0) is 0 Å². The van der Waals surface area contributed by atoms with Crippen LogP contribution < -0.4 is 21.7 Å². The van der Waals surface area contributed by atoms with Crippen LogP contribution in [0.25, 0.3) is 0 Å². The molecule has 12 heavy (non-hydrogen) atoms. The summed E-state index contributed by atoms with van der Waals surface area (Å²) >= 11 is 0. The maximum atomic E-state index is 5.31. The summed E-state index contributed by atoms with van der Waals surface area (Å²) in [5.41, 5.74) is 1.17. The third-order valence-electron chi connectivity index (χ3n) is 1.33. The van der Waals surface area contributed by atoms with Crippen molar-refractivity contribution in [3.8, 4) is 5.75 Å². The standard InChI is InChI=1S/C9H11O.BrH.Mg/c1-3-10-9-7-5-4-6-8(9)2;;/h4,6-7H,3H2,1-2H3;1H;/q-1;;+2/p-1. The number of hydrogen-bond donors (Lipinski definition) is 0. The molecule has 0 aromatic heterocycles. The molecule has 0 atom stereocenters. The number of ether oxygens (including phenoxy) is 1.